The first-order valence-electron chi connectivity index (χ1n) is 10.4. The minimum absolute atomic E-state index is 0.0128. The normalized spacial score (nSPS) is 13.0. The predicted molar refractivity (Wildman–Crippen MR) is 121 cm³/mol. The number of ether oxygens (including phenoxy) is 1. The Balaban J connectivity index is 1.47. The molecule has 160 valence electrons. The summed E-state index contributed by atoms with van der Waals surface area (Å²) in [7, 11) is 0. The molecule has 31 heavy (non-hydrogen) atoms. The van der Waals surface area contributed by atoms with E-state index in [2.05, 4.69) is 34.6 Å². The van der Waals surface area contributed by atoms with Crippen LogP contribution in [0.3, 0.4) is 0 Å². The number of nitrogens with zero attached hydrogens (tertiary/aromatic N) is 2. The molecule has 7 heteroatoms. The maximum atomic E-state index is 13.3. The Morgan fingerprint density at radius 1 is 1.10 bits per heavy atom. The zero-order valence-electron chi connectivity index (χ0n) is 17.4. The highest BCUT2D eigenvalue weighted by atomic mass is 32.1. The molecular weight excluding hydrogens is 410 g/mol. The maximum absolute atomic E-state index is 13.3. The van der Waals surface area contributed by atoms with Crippen molar-refractivity contribution in [3.63, 3.8) is 0 Å². The van der Waals surface area contributed by atoms with E-state index in [-0.39, 0.29) is 11.8 Å². The van der Waals surface area contributed by atoms with E-state index in [0.717, 1.165) is 21.7 Å². The molecule has 0 bridgehead atoms. The van der Waals surface area contributed by atoms with E-state index >= 15 is 0 Å². The Bertz CT molecular complexity index is 997. The zero-order chi connectivity index (χ0) is 21.6. The molecule has 4 rings (SSSR count). The largest absolute Gasteiger partial charge is 0.450 e. The van der Waals surface area contributed by atoms with E-state index in [1.165, 1.54) is 11.3 Å². The molecule has 0 unspecified atom stereocenters. The fourth-order valence-corrected chi connectivity index (χ4v) is 4.83. The third kappa shape index (κ3) is 5.11. The third-order valence-electron chi connectivity index (χ3n) is 5.35. The number of thiazole rings is 1. The molecule has 0 fully saturated rings. The van der Waals surface area contributed by atoms with Crippen molar-refractivity contribution in [1.29, 1.82) is 0 Å². The van der Waals surface area contributed by atoms with Crippen LogP contribution in [-0.4, -0.2) is 35.0 Å². The highest BCUT2D eigenvalue weighted by Crippen LogP contribution is 2.32. The molecule has 6 nitrogen and oxygen atoms in total. The summed E-state index contributed by atoms with van der Waals surface area (Å²) in [6, 6.07) is 20.3. The third-order valence-corrected chi connectivity index (χ3v) is 6.35. The highest BCUT2D eigenvalue weighted by Gasteiger charge is 2.27. The molecule has 2 heterocycles. The molecule has 3 aromatic rings. The van der Waals surface area contributed by atoms with Gasteiger partial charge < -0.3 is 9.64 Å². The number of carbonyl (C=O) groups is 2. The Morgan fingerprint density at radius 3 is 2.35 bits per heavy atom. The van der Waals surface area contributed by atoms with Gasteiger partial charge in [-0.15, -0.1) is 0 Å². The number of amides is 2. The summed E-state index contributed by atoms with van der Waals surface area (Å²) >= 11 is 1.41. The van der Waals surface area contributed by atoms with Gasteiger partial charge in [0.25, 0.3) is 0 Å². The number of carbonyl (C=O) groups excluding carboxylic acids is 2. The topological polar surface area (TPSA) is 71.5 Å². The average Bonchev–Trinajstić information content (AvgIpc) is 3.20. The highest BCUT2D eigenvalue weighted by molar-refractivity contribution is 7.15. The number of nitrogens with one attached hydrogen (secondary N) is 1. The van der Waals surface area contributed by atoms with Crippen LogP contribution in [0, 0.1) is 0 Å². The first kappa shape index (κ1) is 21.1. The summed E-state index contributed by atoms with van der Waals surface area (Å²) in [5, 5.41) is 3.18. The summed E-state index contributed by atoms with van der Waals surface area (Å²) in [4.78, 5) is 32.3. The van der Waals surface area contributed by atoms with E-state index in [1.807, 2.05) is 41.3 Å². The molecule has 0 saturated carbocycles. The van der Waals surface area contributed by atoms with Gasteiger partial charge in [0.05, 0.1) is 18.8 Å². The Kier molecular flexibility index (Phi) is 6.62. The van der Waals surface area contributed by atoms with Gasteiger partial charge in [0.2, 0.25) is 5.91 Å². The molecule has 1 N–H and O–H groups in total. The smallest absolute Gasteiger partial charge is 0.413 e. The van der Waals surface area contributed by atoms with Crippen molar-refractivity contribution in [3.8, 4) is 0 Å². The van der Waals surface area contributed by atoms with E-state index < -0.39 is 6.09 Å². The van der Waals surface area contributed by atoms with Gasteiger partial charge in [-0.1, -0.05) is 72.0 Å². The lowest BCUT2D eigenvalue weighted by molar-refractivity contribution is -0.132. The van der Waals surface area contributed by atoms with Crippen molar-refractivity contribution in [2.24, 2.45) is 0 Å². The second-order valence-corrected chi connectivity index (χ2v) is 8.46. The lowest BCUT2D eigenvalue weighted by Gasteiger charge is -2.28. The van der Waals surface area contributed by atoms with Gasteiger partial charge in [-0.05, 0) is 18.1 Å². The first-order chi connectivity index (χ1) is 15.1. The zero-order valence-corrected chi connectivity index (χ0v) is 18.2. The van der Waals surface area contributed by atoms with Gasteiger partial charge in [0, 0.05) is 30.2 Å². The minimum Gasteiger partial charge on any atom is -0.450 e. The van der Waals surface area contributed by atoms with Crippen molar-refractivity contribution < 1.29 is 14.3 Å². The van der Waals surface area contributed by atoms with Crippen molar-refractivity contribution in [1.82, 2.24) is 9.88 Å². The minimum atomic E-state index is -0.505. The molecule has 0 spiro atoms. The number of fused-ring (bicyclic) bond motifs is 1. The fraction of sp³-hybridized carbons (Fsp3) is 0.292. The van der Waals surface area contributed by atoms with Crippen molar-refractivity contribution in [3.05, 3.63) is 82.4 Å². The van der Waals surface area contributed by atoms with Crippen LogP contribution in [-0.2, 0) is 22.5 Å². The van der Waals surface area contributed by atoms with Gasteiger partial charge in [-0.2, -0.15) is 0 Å². The fourth-order valence-electron chi connectivity index (χ4n) is 3.82. The Labute approximate surface area is 185 Å². The molecule has 1 aliphatic rings. The SMILES string of the molecule is CCOC(=O)Nc1nc2c(s1)CN(C(=O)CC(c1ccccc1)c1ccccc1)CC2. The number of benzene rings is 2. The second kappa shape index (κ2) is 9.75. The molecule has 0 aliphatic carbocycles. The van der Waals surface area contributed by atoms with Crippen LogP contribution in [0.5, 0.6) is 0 Å². The van der Waals surface area contributed by atoms with Crippen molar-refractivity contribution >= 4 is 28.5 Å². The van der Waals surface area contributed by atoms with Gasteiger partial charge in [0.1, 0.15) is 0 Å². The number of hydrogen-bond acceptors (Lipinski definition) is 5. The van der Waals surface area contributed by atoms with E-state index in [1.54, 1.807) is 6.92 Å². The monoisotopic (exact) mass is 435 g/mol. The van der Waals surface area contributed by atoms with Gasteiger partial charge in [-0.3, -0.25) is 10.1 Å². The lowest BCUT2D eigenvalue weighted by Crippen LogP contribution is -2.36. The average molecular weight is 436 g/mol. The first-order valence-corrected chi connectivity index (χ1v) is 11.3. The van der Waals surface area contributed by atoms with Crippen LogP contribution in [0.25, 0.3) is 0 Å². The standard InChI is InChI=1S/C24H25N3O3S/c1-2-30-24(29)26-23-25-20-13-14-27(16-21(20)31-23)22(28)15-19(17-9-5-3-6-10-17)18-11-7-4-8-12-18/h3-12,19H,2,13-16H2,1H3,(H,25,26,29). The molecule has 2 amide bonds. The molecule has 2 aromatic carbocycles. The molecule has 1 aromatic heterocycles. The van der Waals surface area contributed by atoms with E-state index in [0.29, 0.717) is 37.7 Å². The van der Waals surface area contributed by atoms with Crippen LogP contribution in [0.2, 0.25) is 0 Å². The summed E-state index contributed by atoms with van der Waals surface area (Å²) in [5.74, 6) is 0.135. The molecular formula is C24H25N3O3S. The van der Waals surface area contributed by atoms with Crippen LogP contribution >= 0.6 is 11.3 Å². The number of anilines is 1. The Hall–Kier alpha value is -3.19. The second-order valence-electron chi connectivity index (χ2n) is 7.38. The van der Waals surface area contributed by atoms with Crippen molar-refractivity contribution in [2.75, 3.05) is 18.5 Å². The predicted octanol–water partition coefficient (Wildman–Crippen LogP) is 4.82. The van der Waals surface area contributed by atoms with Crippen molar-refractivity contribution in [2.45, 2.75) is 32.2 Å². The number of aromatic nitrogens is 1. The summed E-state index contributed by atoms with van der Waals surface area (Å²) in [6.07, 6.45) is 0.592. The van der Waals surface area contributed by atoms with Crippen LogP contribution in [0.1, 0.15) is 41.0 Å². The van der Waals surface area contributed by atoms with Crippen LogP contribution < -0.4 is 5.32 Å². The Morgan fingerprint density at radius 2 is 1.74 bits per heavy atom. The molecule has 0 saturated heterocycles. The van der Waals surface area contributed by atoms with E-state index in [4.69, 9.17) is 4.74 Å². The van der Waals surface area contributed by atoms with Crippen LogP contribution in [0.15, 0.2) is 60.7 Å². The molecule has 0 atom stereocenters. The van der Waals surface area contributed by atoms with Gasteiger partial charge in [0.15, 0.2) is 5.13 Å². The van der Waals surface area contributed by atoms with Gasteiger partial charge in [-0.25, -0.2) is 9.78 Å². The van der Waals surface area contributed by atoms with Crippen LogP contribution in [0.4, 0.5) is 9.93 Å². The number of rotatable bonds is 6. The summed E-state index contributed by atoms with van der Waals surface area (Å²) in [6.45, 7) is 3.22. The van der Waals surface area contributed by atoms with E-state index in [9.17, 15) is 9.59 Å². The van der Waals surface area contributed by atoms with Gasteiger partial charge >= 0.3 is 6.09 Å². The quantitative estimate of drug-likeness (QED) is 0.603. The lowest BCUT2D eigenvalue weighted by atomic mass is 9.88. The molecule has 1 aliphatic heterocycles. The number of hydrogen-bond donors (Lipinski definition) is 1. The summed E-state index contributed by atoms with van der Waals surface area (Å²) < 4.78 is 4.92. The molecule has 0 radical (unpaired) electrons. The maximum Gasteiger partial charge on any atom is 0.413 e. The summed E-state index contributed by atoms with van der Waals surface area (Å²) in [5.41, 5.74) is 3.22.